The van der Waals surface area contributed by atoms with E-state index in [0.717, 1.165) is 18.0 Å². The fourth-order valence-corrected chi connectivity index (χ4v) is 4.04. The minimum atomic E-state index is -0.243. The molecular formula is C18H24FNO. The van der Waals surface area contributed by atoms with Crippen LogP contribution in [0.4, 0.5) is 4.39 Å². The molecule has 0 aromatic heterocycles. The van der Waals surface area contributed by atoms with Crippen LogP contribution in [0.1, 0.15) is 44.1 Å². The van der Waals surface area contributed by atoms with Gasteiger partial charge in [-0.1, -0.05) is 25.0 Å². The number of piperidine rings is 1. The van der Waals surface area contributed by atoms with E-state index in [-0.39, 0.29) is 11.6 Å². The molecule has 1 saturated carbocycles. The minimum absolute atomic E-state index is 0.243. The number of carbonyl (C=O) groups excluding carboxylic acids is 1. The Bertz CT molecular complexity index is 482. The van der Waals surface area contributed by atoms with Gasteiger partial charge in [-0.25, -0.2) is 4.39 Å². The van der Waals surface area contributed by atoms with Crippen LogP contribution in [0.5, 0.6) is 0 Å². The monoisotopic (exact) mass is 289 g/mol. The molecule has 2 atom stereocenters. The topological polar surface area (TPSA) is 20.3 Å². The molecule has 1 aromatic carbocycles. The first-order valence-corrected chi connectivity index (χ1v) is 8.22. The lowest BCUT2D eigenvalue weighted by molar-refractivity contribution is -0.121. The van der Waals surface area contributed by atoms with Gasteiger partial charge in [0.05, 0.1) is 6.54 Å². The minimum Gasteiger partial charge on any atom is -0.298 e. The van der Waals surface area contributed by atoms with Crippen LogP contribution >= 0.6 is 0 Å². The molecule has 114 valence electrons. The molecular weight excluding hydrogens is 265 g/mol. The first-order chi connectivity index (χ1) is 10.2. The quantitative estimate of drug-likeness (QED) is 0.844. The summed E-state index contributed by atoms with van der Waals surface area (Å²) in [5.41, 5.74) is 0.915. The van der Waals surface area contributed by atoms with Gasteiger partial charge in [-0.3, -0.25) is 9.69 Å². The normalized spacial score (nSPS) is 26.3. The Kier molecular flexibility index (Phi) is 4.69. The largest absolute Gasteiger partial charge is 0.298 e. The lowest BCUT2D eigenvalue weighted by Crippen LogP contribution is -2.48. The standard InChI is InChI=1S/C18H24FNO/c19-16-9-7-14(8-10-16)12-17(21)13-20-11-3-5-15-4-1-2-6-18(15)20/h7-10,15,18H,1-6,11-13H2/t15-,18-/m1/s1. The molecule has 3 heteroatoms. The summed E-state index contributed by atoms with van der Waals surface area (Å²) < 4.78 is 12.9. The Morgan fingerprint density at radius 2 is 1.81 bits per heavy atom. The Labute approximate surface area is 126 Å². The van der Waals surface area contributed by atoms with E-state index in [1.54, 1.807) is 12.1 Å². The molecule has 0 amide bonds. The number of halogens is 1. The van der Waals surface area contributed by atoms with E-state index in [0.29, 0.717) is 19.0 Å². The molecule has 2 fully saturated rings. The maximum absolute atomic E-state index is 12.9. The molecule has 0 unspecified atom stereocenters. The zero-order valence-corrected chi connectivity index (χ0v) is 12.6. The van der Waals surface area contributed by atoms with Gasteiger partial charge in [0.2, 0.25) is 0 Å². The van der Waals surface area contributed by atoms with Crippen molar-refractivity contribution in [1.29, 1.82) is 0 Å². The lowest BCUT2D eigenvalue weighted by atomic mass is 9.78. The van der Waals surface area contributed by atoms with Gasteiger partial charge >= 0.3 is 0 Å². The molecule has 1 aromatic rings. The number of nitrogens with zero attached hydrogens (tertiary/aromatic N) is 1. The Hall–Kier alpha value is -1.22. The van der Waals surface area contributed by atoms with Gasteiger partial charge in [0, 0.05) is 12.5 Å². The van der Waals surface area contributed by atoms with Crippen LogP contribution in [-0.4, -0.2) is 29.8 Å². The van der Waals surface area contributed by atoms with E-state index in [9.17, 15) is 9.18 Å². The van der Waals surface area contributed by atoms with E-state index >= 15 is 0 Å². The Morgan fingerprint density at radius 3 is 2.62 bits per heavy atom. The molecule has 2 aliphatic rings. The SMILES string of the molecule is O=C(Cc1ccc(F)cc1)CN1CCC[C@H]2CCCC[C@H]21. The summed E-state index contributed by atoms with van der Waals surface area (Å²) >= 11 is 0. The highest BCUT2D eigenvalue weighted by atomic mass is 19.1. The first kappa shape index (κ1) is 14.7. The van der Waals surface area contributed by atoms with Gasteiger partial charge in [0.15, 0.2) is 5.78 Å². The number of carbonyl (C=O) groups is 1. The van der Waals surface area contributed by atoms with Crippen molar-refractivity contribution < 1.29 is 9.18 Å². The number of likely N-dealkylation sites (tertiary alicyclic amines) is 1. The number of hydrogen-bond donors (Lipinski definition) is 0. The highest BCUT2D eigenvalue weighted by molar-refractivity contribution is 5.82. The Morgan fingerprint density at radius 1 is 1.10 bits per heavy atom. The predicted molar refractivity (Wildman–Crippen MR) is 81.7 cm³/mol. The third-order valence-corrected chi connectivity index (χ3v) is 5.05. The number of ketones is 1. The highest BCUT2D eigenvalue weighted by Crippen LogP contribution is 2.35. The van der Waals surface area contributed by atoms with Crippen molar-refractivity contribution >= 4 is 5.78 Å². The smallest absolute Gasteiger partial charge is 0.151 e. The van der Waals surface area contributed by atoms with E-state index < -0.39 is 0 Å². The molecule has 3 rings (SSSR count). The second kappa shape index (κ2) is 6.69. The van der Waals surface area contributed by atoms with Gasteiger partial charge in [0.25, 0.3) is 0 Å². The maximum Gasteiger partial charge on any atom is 0.151 e. The average Bonchev–Trinajstić information content (AvgIpc) is 2.50. The highest BCUT2D eigenvalue weighted by Gasteiger charge is 2.33. The van der Waals surface area contributed by atoms with Crippen molar-refractivity contribution in [3.63, 3.8) is 0 Å². The van der Waals surface area contributed by atoms with Gasteiger partial charge in [0.1, 0.15) is 5.82 Å². The van der Waals surface area contributed by atoms with Crippen molar-refractivity contribution in [3.8, 4) is 0 Å². The van der Waals surface area contributed by atoms with Crippen LogP contribution in [0.2, 0.25) is 0 Å². The van der Waals surface area contributed by atoms with Crippen LogP contribution in [0.15, 0.2) is 24.3 Å². The van der Waals surface area contributed by atoms with Crippen LogP contribution in [0, 0.1) is 11.7 Å². The van der Waals surface area contributed by atoms with Gasteiger partial charge in [-0.05, 0) is 55.8 Å². The summed E-state index contributed by atoms with van der Waals surface area (Å²) in [5, 5.41) is 0. The van der Waals surface area contributed by atoms with Gasteiger partial charge in [-0.2, -0.15) is 0 Å². The molecule has 1 aliphatic heterocycles. The number of fused-ring (bicyclic) bond motifs is 1. The van der Waals surface area contributed by atoms with Gasteiger partial charge < -0.3 is 0 Å². The molecule has 0 bridgehead atoms. The summed E-state index contributed by atoms with van der Waals surface area (Å²) in [4.78, 5) is 14.7. The van der Waals surface area contributed by atoms with Crippen molar-refractivity contribution in [2.75, 3.05) is 13.1 Å². The van der Waals surface area contributed by atoms with Crippen LogP contribution in [-0.2, 0) is 11.2 Å². The average molecular weight is 289 g/mol. The fourth-order valence-electron chi connectivity index (χ4n) is 4.04. The zero-order chi connectivity index (χ0) is 14.7. The van der Waals surface area contributed by atoms with Crippen LogP contribution in [0.3, 0.4) is 0 Å². The number of Topliss-reactive ketones (excluding diaryl/α,β-unsaturated/α-hetero) is 1. The van der Waals surface area contributed by atoms with E-state index in [4.69, 9.17) is 0 Å². The van der Waals surface area contributed by atoms with E-state index in [1.165, 1.54) is 50.7 Å². The second-order valence-electron chi connectivity index (χ2n) is 6.57. The lowest BCUT2D eigenvalue weighted by Gasteiger charge is -2.43. The fraction of sp³-hybridized carbons (Fsp3) is 0.611. The number of hydrogen-bond acceptors (Lipinski definition) is 2. The maximum atomic E-state index is 12.9. The summed E-state index contributed by atoms with van der Waals surface area (Å²) in [6, 6.07) is 6.92. The van der Waals surface area contributed by atoms with Crippen molar-refractivity contribution in [2.45, 2.75) is 51.0 Å². The zero-order valence-electron chi connectivity index (χ0n) is 12.6. The molecule has 0 spiro atoms. The third-order valence-electron chi connectivity index (χ3n) is 5.05. The second-order valence-corrected chi connectivity index (χ2v) is 6.57. The summed E-state index contributed by atoms with van der Waals surface area (Å²) in [6.45, 7) is 1.63. The molecule has 0 radical (unpaired) electrons. The van der Waals surface area contributed by atoms with E-state index in [1.807, 2.05) is 0 Å². The van der Waals surface area contributed by atoms with Crippen LogP contribution in [0.25, 0.3) is 0 Å². The summed E-state index contributed by atoms with van der Waals surface area (Å²) in [5.74, 6) is 0.825. The summed E-state index contributed by atoms with van der Waals surface area (Å²) in [6.07, 6.45) is 8.26. The molecule has 1 saturated heterocycles. The van der Waals surface area contributed by atoms with Crippen LogP contribution < -0.4 is 0 Å². The number of benzene rings is 1. The van der Waals surface area contributed by atoms with Gasteiger partial charge in [-0.15, -0.1) is 0 Å². The molecule has 1 heterocycles. The summed E-state index contributed by atoms with van der Waals surface area (Å²) in [7, 11) is 0. The molecule has 21 heavy (non-hydrogen) atoms. The Balaban J connectivity index is 1.57. The number of rotatable bonds is 4. The third kappa shape index (κ3) is 3.70. The molecule has 0 N–H and O–H groups in total. The van der Waals surface area contributed by atoms with Crippen molar-refractivity contribution in [1.82, 2.24) is 4.90 Å². The predicted octanol–water partition coefficient (Wildman–Crippen LogP) is 3.59. The first-order valence-electron chi connectivity index (χ1n) is 8.22. The van der Waals surface area contributed by atoms with Crippen molar-refractivity contribution in [2.24, 2.45) is 5.92 Å². The molecule has 2 nitrogen and oxygen atoms in total. The van der Waals surface area contributed by atoms with E-state index in [2.05, 4.69) is 4.90 Å². The van der Waals surface area contributed by atoms with Crippen molar-refractivity contribution in [3.05, 3.63) is 35.6 Å². The molecule has 1 aliphatic carbocycles.